The highest BCUT2D eigenvalue weighted by Crippen LogP contribution is 2.39. The van der Waals surface area contributed by atoms with Gasteiger partial charge < -0.3 is 20.1 Å². The second-order valence-corrected chi connectivity index (χ2v) is 4.94. The van der Waals surface area contributed by atoms with E-state index in [1.54, 1.807) is 6.92 Å². The average Bonchev–Trinajstić information content (AvgIpc) is 2.34. The Morgan fingerprint density at radius 1 is 1.20 bits per heavy atom. The van der Waals surface area contributed by atoms with Crippen LogP contribution in [0.5, 0.6) is 11.5 Å². The number of hydrogen-bond donors (Lipinski definition) is 3. The van der Waals surface area contributed by atoms with Crippen molar-refractivity contribution in [3.05, 3.63) is 34.4 Å². The number of aliphatic hydroxyl groups excluding tert-OH is 1. The number of carbonyl (C=O) groups excluding carboxylic acids is 2. The summed E-state index contributed by atoms with van der Waals surface area (Å²) in [6.45, 7) is 1.68. The standard InChI is InChI=1S/C14H12O6/c1-5-2-7-11(14(19)20-5)13(18)10-8(12(7)17)3-6(15)4-9(10)16/h3-5,14-16,19H,2H2,1H3. The topological polar surface area (TPSA) is 104 Å². The van der Waals surface area contributed by atoms with Crippen molar-refractivity contribution in [2.24, 2.45) is 0 Å². The maximum absolute atomic E-state index is 12.4. The van der Waals surface area contributed by atoms with Crippen molar-refractivity contribution in [3.8, 4) is 11.5 Å². The number of ketones is 2. The Bertz CT molecular complexity index is 672. The van der Waals surface area contributed by atoms with Crippen LogP contribution in [0.4, 0.5) is 0 Å². The Morgan fingerprint density at radius 2 is 1.90 bits per heavy atom. The molecule has 0 fully saturated rings. The zero-order valence-corrected chi connectivity index (χ0v) is 10.6. The van der Waals surface area contributed by atoms with Crippen molar-refractivity contribution in [1.82, 2.24) is 0 Å². The van der Waals surface area contributed by atoms with Crippen LogP contribution in [-0.4, -0.2) is 39.3 Å². The van der Waals surface area contributed by atoms with Crippen LogP contribution in [0.2, 0.25) is 0 Å². The summed E-state index contributed by atoms with van der Waals surface area (Å²) in [6.07, 6.45) is -1.67. The highest BCUT2D eigenvalue weighted by molar-refractivity contribution is 6.28. The average molecular weight is 276 g/mol. The number of carbonyl (C=O) groups is 2. The molecule has 6 nitrogen and oxygen atoms in total. The summed E-state index contributed by atoms with van der Waals surface area (Å²) in [4.78, 5) is 24.7. The summed E-state index contributed by atoms with van der Waals surface area (Å²) in [5.74, 6) is -1.91. The molecule has 104 valence electrons. The van der Waals surface area contributed by atoms with E-state index < -0.39 is 29.7 Å². The van der Waals surface area contributed by atoms with Gasteiger partial charge in [-0.25, -0.2) is 0 Å². The first-order valence-corrected chi connectivity index (χ1v) is 6.12. The van der Waals surface area contributed by atoms with Crippen molar-refractivity contribution < 1.29 is 29.6 Å². The first-order chi connectivity index (χ1) is 9.40. The summed E-state index contributed by atoms with van der Waals surface area (Å²) in [7, 11) is 0. The predicted molar refractivity (Wildman–Crippen MR) is 66.6 cm³/mol. The highest BCUT2D eigenvalue weighted by atomic mass is 16.6. The molecule has 1 aliphatic heterocycles. The smallest absolute Gasteiger partial charge is 0.198 e. The minimum absolute atomic E-state index is 0.0486. The third kappa shape index (κ3) is 1.65. The third-order valence-corrected chi connectivity index (χ3v) is 3.52. The van der Waals surface area contributed by atoms with Crippen LogP contribution in [0.25, 0.3) is 0 Å². The molecule has 0 aromatic heterocycles. The van der Waals surface area contributed by atoms with Gasteiger partial charge in [-0.1, -0.05) is 0 Å². The molecule has 0 radical (unpaired) electrons. The molecule has 3 N–H and O–H groups in total. The van der Waals surface area contributed by atoms with Crippen LogP contribution < -0.4 is 0 Å². The number of hydrogen-bond acceptors (Lipinski definition) is 6. The maximum Gasteiger partial charge on any atom is 0.198 e. The van der Waals surface area contributed by atoms with Crippen LogP contribution in [0.15, 0.2) is 23.3 Å². The second kappa shape index (κ2) is 4.16. The van der Waals surface area contributed by atoms with Gasteiger partial charge in [0.15, 0.2) is 17.9 Å². The summed E-state index contributed by atoms with van der Waals surface area (Å²) >= 11 is 0. The number of phenolic OH excluding ortho intramolecular Hbond substituents is 2. The number of aromatic hydroxyl groups is 2. The molecule has 0 spiro atoms. The Labute approximate surface area is 113 Å². The first kappa shape index (κ1) is 12.8. The minimum atomic E-state index is -1.48. The number of fused-ring (bicyclic) bond motifs is 1. The summed E-state index contributed by atoms with van der Waals surface area (Å²) < 4.78 is 5.15. The van der Waals surface area contributed by atoms with Gasteiger partial charge in [0, 0.05) is 23.6 Å². The lowest BCUT2D eigenvalue weighted by Crippen LogP contribution is -2.37. The van der Waals surface area contributed by atoms with Crippen molar-refractivity contribution in [2.45, 2.75) is 25.7 Å². The summed E-state index contributed by atoms with van der Waals surface area (Å²) in [5.41, 5.74) is -0.198. The molecule has 0 bridgehead atoms. The van der Waals surface area contributed by atoms with E-state index in [-0.39, 0.29) is 34.4 Å². The molecular weight excluding hydrogens is 264 g/mol. The van der Waals surface area contributed by atoms with E-state index in [4.69, 9.17) is 4.74 Å². The fourth-order valence-electron chi connectivity index (χ4n) is 2.67. The normalized spacial score (nSPS) is 25.5. The van der Waals surface area contributed by atoms with Crippen LogP contribution in [0, 0.1) is 0 Å². The lowest BCUT2D eigenvalue weighted by Gasteiger charge is -2.31. The molecule has 1 heterocycles. The van der Waals surface area contributed by atoms with Gasteiger partial charge in [-0.3, -0.25) is 9.59 Å². The molecule has 2 unspecified atom stereocenters. The Morgan fingerprint density at radius 3 is 2.60 bits per heavy atom. The molecule has 2 atom stereocenters. The number of benzene rings is 1. The molecule has 1 aromatic carbocycles. The van der Waals surface area contributed by atoms with E-state index in [0.29, 0.717) is 0 Å². The number of rotatable bonds is 0. The van der Waals surface area contributed by atoms with Gasteiger partial charge in [0.05, 0.1) is 17.2 Å². The molecule has 2 aliphatic rings. The number of phenols is 2. The SMILES string of the molecule is CC1CC2=C(C(=O)c3c(O)cc(O)cc3C2=O)C(O)O1. The molecule has 0 saturated heterocycles. The maximum atomic E-state index is 12.4. The minimum Gasteiger partial charge on any atom is -0.508 e. The van der Waals surface area contributed by atoms with Gasteiger partial charge in [-0.15, -0.1) is 0 Å². The van der Waals surface area contributed by atoms with E-state index >= 15 is 0 Å². The zero-order chi connectivity index (χ0) is 14.6. The van der Waals surface area contributed by atoms with Gasteiger partial charge in [-0.05, 0) is 13.0 Å². The van der Waals surface area contributed by atoms with Crippen LogP contribution in [0.3, 0.4) is 0 Å². The Kier molecular flexibility index (Phi) is 2.67. The van der Waals surface area contributed by atoms with Gasteiger partial charge in [-0.2, -0.15) is 0 Å². The van der Waals surface area contributed by atoms with Crippen molar-refractivity contribution >= 4 is 11.6 Å². The van der Waals surface area contributed by atoms with Gasteiger partial charge >= 0.3 is 0 Å². The second-order valence-electron chi connectivity index (χ2n) is 4.94. The fraction of sp³-hybridized carbons (Fsp3) is 0.286. The summed E-state index contributed by atoms with van der Waals surface area (Å²) in [5, 5.41) is 29.1. The van der Waals surface area contributed by atoms with Crippen LogP contribution >= 0.6 is 0 Å². The lowest BCUT2D eigenvalue weighted by atomic mass is 9.80. The summed E-state index contributed by atoms with van der Waals surface area (Å²) in [6, 6.07) is 2.12. The van der Waals surface area contributed by atoms with Crippen molar-refractivity contribution in [1.29, 1.82) is 0 Å². The van der Waals surface area contributed by atoms with Crippen molar-refractivity contribution in [2.75, 3.05) is 0 Å². The van der Waals surface area contributed by atoms with E-state index in [1.165, 1.54) is 0 Å². The molecule has 1 aliphatic carbocycles. The number of Topliss-reactive ketones (excluding diaryl/α,β-unsaturated/α-hetero) is 2. The van der Waals surface area contributed by atoms with E-state index in [2.05, 4.69) is 0 Å². The first-order valence-electron chi connectivity index (χ1n) is 6.12. The lowest BCUT2D eigenvalue weighted by molar-refractivity contribution is -0.112. The molecule has 3 rings (SSSR count). The predicted octanol–water partition coefficient (Wildman–Crippen LogP) is 0.901. The Hall–Kier alpha value is -2.18. The molecule has 0 saturated carbocycles. The van der Waals surface area contributed by atoms with Gasteiger partial charge in [0.2, 0.25) is 0 Å². The quantitative estimate of drug-likeness (QED) is 0.650. The third-order valence-electron chi connectivity index (χ3n) is 3.52. The molecule has 0 amide bonds. The Balaban J connectivity index is 2.25. The monoisotopic (exact) mass is 276 g/mol. The number of aliphatic hydroxyl groups is 1. The fourth-order valence-corrected chi connectivity index (χ4v) is 2.67. The van der Waals surface area contributed by atoms with Crippen molar-refractivity contribution in [3.63, 3.8) is 0 Å². The van der Waals surface area contributed by atoms with E-state index in [1.807, 2.05) is 0 Å². The van der Waals surface area contributed by atoms with Crippen LogP contribution in [-0.2, 0) is 4.74 Å². The molecule has 20 heavy (non-hydrogen) atoms. The number of ether oxygens (including phenoxy) is 1. The molecule has 1 aromatic rings. The van der Waals surface area contributed by atoms with Gasteiger partial charge in [0.1, 0.15) is 11.5 Å². The van der Waals surface area contributed by atoms with E-state index in [9.17, 15) is 24.9 Å². The molecular formula is C14H12O6. The van der Waals surface area contributed by atoms with E-state index in [0.717, 1.165) is 12.1 Å². The molecule has 6 heteroatoms. The van der Waals surface area contributed by atoms with Gasteiger partial charge in [0.25, 0.3) is 0 Å². The zero-order valence-electron chi connectivity index (χ0n) is 10.6. The largest absolute Gasteiger partial charge is 0.508 e. The highest BCUT2D eigenvalue weighted by Gasteiger charge is 2.41. The van der Waals surface area contributed by atoms with Crippen LogP contribution in [0.1, 0.15) is 34.1 Å².